The molecule has 4 atom stereocenters. The number of esters is 1. The number of aliphatic hydroxyl groups excluding tert-OH is 4. The number of hydrogen-bond acceptors (Lipinski definition) is 6. The number of cyclic esters (lactones) is 1. The molecule has 1 rings (SSSR count). The molecule has 0 saturated carbocycles. The maximum absolute atomic E-state index is 10.5. The molecule has 1 aliphatic rings. The first kappa shape index (κ1) is 8.41. The van der Waals surface area contributed by atoms with Crippen molar-refractivity contribution in [2.75, 3.05) is 0 Å². The van der Waals surface area contributed by atoms with E-state index in [0.29, 0.717) is 0 Å². The average Bonchev–Trinajstić information content (AvgIpc) is 1.97. The molecule has 0 bridgehead atoms. The Balaban J connectivity index is 2.70. The third-order valence-corrected chi connectivity index (χ3v) is 1.44. The van der Waals surface area contributed by atoms with Gasteiger partial charge in [0.25, 0.3) is 0 Å². The number of carbonyl (C=O) groups excluding carboxylic acids is 1. The molecular formula is C5H8O6. The summed E-state index contributed by atoms with van der Waals surface area (Å²) in [5.74, 6) is -1.14. The Kier molecular flexibility index (Phi) is 2.10. The molecule has 1 heterocycles. The molecule has 1 aliphatic heterocycles. The summed E-state index contributed by atoms with van der Waals surface area (Å²) in [6.07, 6.45) is -6.89. The van der Waals surface area contributed by atoms with Crippen LogP contribution in [0.1, 0.15) is 0 Å². The van der Waals surface area contributed by atoms with E-state index in [1.165, 1.54) is 0 Å². The quantitative estimate of drug-likeness (QED) is 0.283. The van der Waals surface area contributed by atoms with Gasteiger partial charge >= 0.3 is 5.97 Å². The summed E-state index contributed by atoms with van der Waals surface area (Å²) in [5.41, 5.74) is 0. The molecular weight excluding hydrogens is 156 g/mol. The molecule has 0 aromatic rings. The summed E-state index contributed by atoms with van der Waals surface area (Å²) >= 11 is 0. The predicted molar refractivity (Wildman–Crippen MR) is 30.1 cm³/mol. The van der Waals surface area contributed by atoms with Crippen LogP contribution in [0.15, 0.2) is 0 Å². The molecule has 4 N–H and O–H groups in total. The molecule has 0 unspecified atom stereocenters. The van der Waals surface area contributed by atoms with Gasteiger partial charge in [-0.05, 0) is 0 Å². The minimum absolute atomic E-state index is 1.14. The van der Waals surface area contributed by atoms with E-state index >= 15 is 0 Å². The minimum Gasteiger partial charge on any atom is -0.431 e. The van der Waals surface area contributed by atoms with Crippen LogP contribution in [0.4, 0.5) is 0 Å². The van der Waals surface area contributed by atoms with Gasteiger partial charge in [0.15, 0.2) is 6.10 Å². The number of ether oxygens (including phenoxy) is 1. The highest BCUT2D eigenvalue weighted by Crippen LogP contribution is 2.14. The fourth-order valence-corrected chi connectivity index (χ4v) is 0.753. The number of carbonyl (C=O) groups is 1. The summed E-state index contributed by atoms with van der Waals surface area (Å²) in [7, 11) is 0. The van der Waals surface area contributed by atoms with Crippen molar-refractivity contribution >= 4 is 5.97 Å². The standard InChI is InChI=1S/C5H8O6/c6-1-2(7)4(9)11-5(10)3(1)8/h1-4,6-9H/t1-,2-,3+,4+/m1/s1. The lowest BCUT2D eigenvalue weighted by Gasteiger charge is -2.30. The zero-order chi connectivity index (χ0) is 8.59. The summed E-state index contributed by atoms with van der Waals surface area (Å²) in [6.45, 7) is 0. The number of rotatable bonds is 0. The highest BCUT2D eigenvalue weighted by atomic mass is 16.7. The van der Waals surface area contributed by atoms with Crippen molar-refractivity contribution in [3.8, 4) is 0 Å². The van der Waals surface area contributed by atoms with Crippen LogP contribution in [-0.2, 0) is 9.53 Å². The van der Waals surface area contributed by atoms with Crippen molar-refractivity contribution in [3.05, 3.63) is 0 Å². The van der Waals surface area contributed by atoms with E-state index in [4.69, 9.17) is 20.4 Å². The summed E-state index contributed by atoms with van der Waals surface area (Å²) in [4.78, 5) is 10.5. The average molecular weight is 164 g/mol. The Morgan fingerprint density at radius 3 is 2.18 bits per heavy atom. The van der Waals surface area contributed by atoms with Gasteiger partial charge in [0, 0.05) is 0 Å². The molecule has 0 aromatic carbocycles. The van der Waals surface area contributed by atoms with Crippen molar-refractivity contribution in [1.82, 2.24) is 0 Å². The Bertz CT molecular complexity index is 168. The summed E-state index contributed by atoms with van der Waals surface area (Å²) in [6, 6.07) is 0. The smallest absolute Gasteiger partial charge is 0.340 e. The van der Waals surface area contributed by atoms with Gasteiger partial charge in [0.1, 0.15) is 12.2 Å². The second-order valence-electron chi connectivity index (χ2n) is 2.25. The number of hydrogen-bond donors (Lipinski definition) is 4. The van der Waals surface area contributed by atoms with E-state index in [0.717, 1.165) is 0 Å². The third-order valence-electron chi connectivity index (χ3n) is 1.44. The second-order valence-corrected chi connectivity index (χ2v) is 2.25. The molecule has 0 radical (unpaired) electrons. The van der Waals surface area contributed by atoms with Crippen molar-refractivity contribution in [2.45, 2.75) is 24.6 Å². The van der Waals surface area contributed by atoms with Gasteiger partial charge in [-0.1, -0.05) is 0 Å². The van der Waals surface area contributed by atoms with Crippen LogP contribution < -0.4 is 0 Å². The molecule has 6 heteroatoms. The van der Waals surface area contributed by atoms with Gasteiger partial charge in [0.2, 0.25) is 6.29 Å². The van der Waals surface area contributed by atoms with Crippen LogP contribution in [0.5, 0.6) is 0 Å². The predicted octanol–water partition coefficient (Wildman–Crippen LogP) is -3.06. The lowest BCUT2D eigenvalue weighted by molar-refractivity contribution is -0.241. The van der Waals surface area contributed by atoms with E-state index in [1.807, 2.05) is 0 Å². The maximum Gasteiger partial charge on any atom is 0.340 e. The SMILES string of the molecule is O=C1O[C@H](O)[C@H](O)[C@@H](O)[C@@H]1O. The van der Waals surface area contributed by atoms with Crippen LogP contribution in [-0.4, -0.2) is 51.0 Å². The fourth-order valence-electron chi connectivity index (χ4n) is 0.753. The highest BCUT2D eigenvalue weighted by molar-refractivity contribution is 5.76. The van der Waals surface area contributed by atoms with Crippen molar-refractivity contribution in [1.29, 1.82) is 0 Å². The van der Waals surface area contributed by atoms with Gasteiger partial charge in [-0.25, -0.2) is 4.79 Å². The Morgan fingerprint density at radius 2 is 1.64 bits per heavy atom. The van der Waals surface area contributed by atoms with Gasteiger partial charge in [0.05, 0.1) is 0 Å². The summed E-state index contributed by atoms with van der Waals surface area (Å²) in [5, 5.41) is 35.0. The Morgan fingerprint density at radius 1 is 1.09 bits per heavy atom. The topological polar surface area (TPSA) is 107 Å². The zero-order valence-corrected chi connectivity index (χ0v) is 5.41. The Labute approximate surface area is 61.6 Å². The Hall–Kier alpha value is -0.690. The maximum atomic E-state index is 10.5. The van der Waals surface area contributed by atoms with Gasteiger partial charge < -0.3 is 25.2 Å². The van der Waals surface area contributed by atoms with Crippen LogP contribution in [0.25, 0.3) is 0 Å². The van der Waals surface area contributed by atoms with Crippen molar-refractivity contribution < 1.29 is 30.0 Å². The van der Waals surface area contributed by atoms with E-state index in [1.54, 1.807) is 0 Å². The lowest BCUT2D eigenvalue weighted by Crippen LogP contribution is -2.55. The largest absolute Gasteiger partial charge is 0.431 e. The van der Waals surface area contributed by atoms with Gasteiger partial charge in [-0.2, -0.15) is 0 Å². The second kappa shape index (κ2) is 2.74. The zero-order valence-electron chi connectivity index (χ0n) is 5.41. The summed E-state index contributed by atoms with van der Waals surface area (Å²) < 4.78 is 4.04. The molecule has 64 valence electrons. The molecule has 0 aliphatic carbocycles. The van der Waals surface area contributed by atoms with E-state index in [-0.39, 0.29) is 0 Å². The molecule has 6 nitrogen and oxygen atoms in total. The monoisotopic (exact) mass is 164 g/mol. The van der Waals surface area contributed by atoms with Crippen LogP contribution >= 0.6 is 0 Å². The molecule has 0 amide bonds. The lowest BCUT2D eigenvalue weighted by atomic mass is 10.1. The van der Waals surface area contributed by atoms with E-state index < -0.39 is 30.6 Å². The van der Waals surface area contributed by atoms with E-state index in [9.17, 15) is 4.79 Å². The first-order valence-corrected chi connectivity index (χ1v) is 2.97. The molecule has 0 aromatic heterocycles. The third kappa shape index (κ3) is 1.33. The molecule has 11 heavy (non-hydrogen) atoms. The number of aliphatic hydroxyl groups is 4. The van der Waals surface area contributed by atoms with Crippen molar-refractivity contribution in [2.24, 2.45) is 0 Å². The van der Waals surface area contributed by atoms with Crippen LogP contribution in [0.3, 0.4) is 0 Å². The van der Waals surface area contributed by atoms with Gasteiger partial charge in [-0.3, -0.25) is 0 Å². The van der Waals surface area contributed by atoms with Crippen LogP contribution in [0, 0.1) is 0 Å². The minimum atomic E-state index is -1.78. The van der Waals surface area contributed by atoms with Crippen LogP contribution in [0.2, 0.25) is 0 Å². The molecule has 0 spiro atoms. The van der Waals surface area contributed by atoms with E-state index in [2.05, 4.69) is 4.74 Å². The molecule has 1 saturated heterocycles. The first-order chi connectivity index (χ1) is 5.04. The molecule has 1 fully saturated rings. The highest BCUT2D eigenvalue weighted by Gasteiger charge is 2.42. The first-order valence-electron chi connectivity index (χ1n) is 2.97. The fraction of sp³-hybridized carbons (Fsp3) is 0.800. The normalized spacial score (nSPS) is 45.3. The van der Waals surface area contributed by atoms with Gasteiger partial charge in [-0.15, -0.1) is 0 Å². The van der Waals surface area contributed by atoms with Crippen molar-refractivity contribution in [3.63, 3.8) is 0 Å².